The molecule has 3 nitrogen and oxygen atoms in total. The van der Waals surface area contributed by atoms with Crippen molar-refractivity contribution in [1.82, 2.24) is 15.1 Å². The van der Waals surface area contributed by atoms with Gasteiger partial charge in [0.05, 0.1) is 15.9 Å². The summed E-state index contributed by atoms with van der Waals surface area (Å²) in [4.78, 5) is 0. The van der Waals surface area contributed by atoms with Crippen molar-refractivity contribution in [2.45, 2.75) is 46.1 Å². The molecule has 17 heavy (non-hydrogen) atoms. The SMILES string of the molecule is CCc1nn(C)c(CNCC2(C)CCC2)c1Br. The second kappa shape index (κ2) is 5.11. The van der Waals surface area contributed by atoms with Crippen LogP contribution in [0.1, 0.15) is 44.5 Å². The Balaban J connectivity index is 1.92. The molecule has 0 bridgehead atoms. The highest BCUT2D eigenvalue weighted by Crippen LogP contribution is 2.39. The molecular weight excluding hydrogens is 278 g/mol. The Labute approximate surface area is 112 Å². The summed E-state index contributed by atoms with van der Waals surface area (Å²) in [5.41, 5.74) is 2.95. The maximum absolute atomic E-state index is 4.51. The minimum Gasteiger partial charge on any atom is -0.311 e. The molecule has 2 rings (SSSR count). The summed E-state index contributed by atoms with van der Waals surface area (Å²) in [5.74, 6) is 0. The van der Waals surface area contributed by atoms with E-state index >= 15 is 0 Å². The number of hydrogen-bond acceptors (Lipinski definition) is 2. The van der Waals surface area contributed by atoms with Crippen LogP contribution in [-0.2, 0) is 20.0 Å². The lowest BCUT2D eigenvalue weighted by Crippen LogP contribution is -2.37. The number of aromatic nitrogens is 2. The Morgan fingerprint density at radius 2 is 2.18 bits per heavy atom. The molecule has 1 aliphatic carbocycles. The molecule has 1 aromatic heterocycles. The lowest BCUT2D eigenvalue weighted by molar-refractivity contribution is 0.156. The highest BCUT2D eigenvalue weighted by Gasteiger charge is 2.31. The summed E-state index contributed by atoms with van der Waals surface area (Å²) in [6, 6.07) is 0. The molecule has 0 radical (unpaired) electrons. The van der Waals surface area contributed by atoms with Crippen LogP contribution in [0.25, 0.3) is 0 Å². The summed E-state index contributed by atoms with van der Waals surface area (Å²) in [5, 5.41) is 8.08. The third-order valence-corrected chi connectivity index (χ3v) is 4.82. The average Bonchev–Trinajstić information content (AvgIpc) is 2.53. The van der Waals surface area contributed by atoms with Gasteiger partial charge in [-0.2, -0.15) is 5.10 Å². The van der Waals surface area contributed by atoms with Gasteiger partial charge in [0, 0.05) is 20.1 Å². The highest BCUT2D eigenvalue weighted by atomic mass is 79.9. The Morgan fingerprint density at radius 3 is 2.65 bits per heavy atom. The van der Waals surface area contributed by atoms with Crippen molar-refractivity contribution >= 4 is 15.9 Å². The molecule has 1 aliphatic rings. The maximum atomic E-state index is 4.51. The zero-order valence-electron chi connectivity index (χ0n) is 11.0. The summed E-state index contributed by atoms with van der Waals surface area (Å²) < 4.78 is 3.16. The molecule has 0 spiro atoms. The Morgan fingerprint density at radius 1 is 1.47 bits per heavy atom. The molecule has 0 atom stereocenters. The van der Waals surface area contributed by atoms with E-state index in [1.54, 1.807) is 0 Å². The molecule has 0 aromatic carbocycles. The Bertz CT molecular complexity index is 394. The Hall–Kier alpha value is -0.350. The van der Waals surface area contributed by atoms with E-state index in [9.17, 15) is 0 Å². The molecule has 1 fully saturated rings. The van der Waals surface area contributed by atoms with Gasteiger partial charge < -0.3 is 5.32 Å². The summed E-state index contributed by atoms with van der Waals surface area (Å²) >= 11 is 3.65. The average molecular weight is 300 g/mol. The fourth-order valence-corrected chi connectivity index (χ4v) is 3.21. The zero-order chi connectivity index (χ0) is 12.5. The van der Waals surface area contributed by atoms with Gasteiger partial charge in [-0.3, -0.25) is 4.68 Å². The Kier molecular flexibility index (Phi) is 3.93. The lowest BCUT2D eigenvalue weighted by Gasteiger charge is -2.38. The van der Waals surface area contributed by atoms with Crippen LogP contribution in [-0.4, -0.2) is 16.3 Å². The van der Waals surface area contributed by atoms with Crippen LogP contribution in [0.15, 0.2) is 4.47 Å². The number of nitrogens with one attached hydrogen (secondary N) is 1. The normalized spacial score (nSPS) is 18.1. The van der Waals surface area contributed by atoms with Gasteiger partial charge in [-0.15, -0.1) is 0 Å². The first-order valence-electron chi connectivity index (χ1n) is 6.47. The quantitative estimate of drug-likeness (QED) is 0.906. The van der Waals surface area contributed by atoms with Crippen molar-refractivity contribution in [2.24, 2.45) is 12.5 Å². The molecule has 1 heterocycles. The van der Waals surface area contributed by atoms with E-state index in [2.05, 4.69) is 40.2 Å². The molecule has 1 saturated carbocycles. The molecule has 0 amide bonds. The van der Waals surface area contributed by atoms with Crippen molar-refractivity contribution in [3.63, 3.8) is 0 Å². The summed E-state index contributed by atoms with van der Waals surface area (Å²) in [7, 11) is 2.02. The van der Waals surface area contributed by atoms with Gasteiger partial charge in [0.2, 0.25) is 0 Å². The standard InChI is InChI=1S/C13H22BrN3/c1-4-10-12(14)11(17(3)16-10)8-15-9-13(2)6-5-7-13/h15H,4-9H2,1-3H3. The predicted octanol–water partition coefficient (Wildman–Crippen LogP) is 3.02. The molecule has 1 N–H and O–H groups in total. The van der Waals surface area contributed by atoms with Gasteiger partial charge >= 0.3 is 0 Å². The minimum atomic E-state index is 0.540. The first-order chi connectivity index (χ1) is 8.06. The third kappa shape index (κ3) is 2.74. The smallest absolute Gasteiger partial charge is 0.0767 e. The maximum Gasteiger partial charge on any atom is 0.0767 e. The van der Waals surface area contributed by atoms with E-state index in [4.69, 9.17) is 0 Å². The van der Waals surface area contributed by atoms with Crippen molar-refractivity contribution < 1.29 is 0 Å². The first kappa shape index (κ1) is 13.1. The van der Waals surface area contributed by atoms with E-state index in [0.29, 0.717) is 5.41 Å². The van der Waals surface area contributed by atoms with Crippen molar-refractivity contribution in [2.75, 3.05) is 6.54 Å². The van der Waals surface area contributed by atoms with Gasteiger partial charge in [-0.05, 0) is 40.6 Å². The third-order valence-electron chi connectivity index (χ3n) is 3.91. The topological polar surface area (TPSA) is 29.9 Å². The van der Waals surface area contributed by atoms with Crippen LogP contribution in [0.2, 0.25) is 0 Å². The largest absolute Gasteiger partial charge is 0.311 e. The monoisotopic (exact) mass is 299 g/mol. The van der Waals surface area contributed by atoms with Gasteiger partial charge in [-0.25, -0.2) is 0 Å². The van der Waals surface area contributed by atoms with E-state index < -0.39 is 0 Å². The number of aryl methyl sites for hydroxylation is 2. The molecule has 96 valence electrons. The van der Waals surface area contributed by atoms with Gasteiger partial charge in [0.1, 0.15) is 0 Å². The van der Waals surface area contributed by atoms with E-state index in [0.717, 1.165) is 25.2 Å². The molecule has 0 saturated heterocycles. The van der Waals surface area contributed by atoms with Crippen LogP contribution >= 0.6 is 15.9 Å². The number of halogens is 1. The summed E-state index contributed by atoms with van der Waals surface area (Å²) in [6.45, 7) is 6.53. The number of hydrogen-bond donors (Lipinski definition) is 1. The van der Waals surface area contributed by atoms with Crippen LogP contribution in [0.3, 0.4) is 0 Å². The second-order valence-electron chi connectivity index (χ2n) is 5.45. The van der Waals surface area contributed by atoms with Crippen LogP contribution in [0, 0.1) is 5.41 Å². The second-order valence-corrected chi connectivity index (χ2v) is 6.25. The molecule has 0 aliphatic heterocycles. The molecule has 4 heteroatoms. The molecule has 0 unspecified atom stereocenters. The fraction of sp³-hybridized carbons (Fsp3) is 0.769. The van der Waals surface area contributed by atoms with E-state index in [1.165, 1.54) is 29.4 Å². The van der Waals surface area contributed by atoms with Crippen LogP contribution < -0.4 is 5.32 Å². The minimum absolute atomic E-state index is 0.540. The van der Waals surface area contributed by atoms with E-state index in [1.807, 2.05) is 11.7 Å². The molecular formula is C13H22BrN3. The van der Waals surface area contributed by atoms with Crippen molar-refractivity contribution in [1.29, 1.82) is 0 Å². The predicted molar refractivity (Wildman–Crippen MR) is 74.0 cm³/mol. The lowest BCUT2D eigenvalue weighted by atomic mass is 9.70. The van der Waals surface area contributed by atoms with Crippen LogP contribution in [0.5, 0.6) is 0 Å². The van der Waals surface area contributed by atoms with Gasteiger partial charge in [0.15, 0.2) is 0 Å². The van der Waals surface area contributed by atoms with Gasteiger partial charge in [0.25, 0.3) is 0 Å². The van der Waals surface area contributed by atoms with E-state index in [-0.39, 0.29) is 0 Å². The highest BCUT2D eigenvalue weighted by molar-refractivity contribution is 9.10. The van der Waals surface area contributed by atoms with Crippen LogP contribution in [0.4, 0.5) is 0 Å². The first-order valence-corrected chi connectivity index (χ1v) is 7.26. The number of nitrogens with zero attached hydrogens (tertiary/aromatic N) is 2. The fourth-order valence-electron chi connectivity index (χ4n) is 2.45. The van der Waals surface area contributed by atoms with Crippen molar-refractivity contribution in [3.05, 3.63) is 15.9 Å². The van der Waals surface area contributed by atoms with Gasteiger partial charge in [-0.1, -0.05) is 20.3 Å². The zero-order valence-corrected chi connectivity index (χ0v) is 12.6. The molecule has 1 aromatic rings. The number of rotatable bonds is 5. The van der Waals surface area contributed by atoms with Crippen molar-refractivity contribution in [3.8, 4) is 0 Å². The summed E-state index contributed by atoms with van der Waals surface area (Å²) in [6.07, 6.45) is 5.11.